The van der Waals surface area contributed by atoms with Gasteiger partial charge in [0.15, 0.2) is 0 Å². The minimum absolute atomic E-state index is 0.0949. The molecule has 0 aliphatic heterocycles. The van der Waals surface area contributed by atoms with Crippen LogP contribution >= 0.6 is 11.6 Å². The molecule has 5 rings (SSSR count). The first-order chi connectivity index (χ1) is 15.1. The topological polar surface area (TPSA) is 82.3 Å². The number of imidazole rings is 1. The number of nitrogens with one attached hydrogen (secondary N) is 3. The summed E-state index contributed by atoms with van der Waals surface area (Å²) in [5.41, 5.74) is 5.53. The van der Waals surface area contributed by atoms with Crippen LogP contribution in [0.4, 0.5) is 10.3 Å². The summed E-state index contributed by atoms with van der Waals surface area (Å²) in [5.74, 6) is 0.0782. The number of aromatic nitrogens is 5. The Kier molecular flexibility index (Phi) is 4.88. The van der Waals surface area contributed by atoms with Gasteiger partial charge in [-0.2, -0.15) is 5.10 Å². The Morgan fingerprint density at radius 1 is 1.06 bits per heavy atom. The smallest absolute Gasteiger partial charge is 0.201 e. The van der Waals surface area contributed by atoms with Crippen LogP contribution in [0, 0.1) is 12.7 Å². The Bertz CT molecular complexity index is 1390. The summed E-state index contributed by atoms with van der Waals surface area (Å²) in [7, 11) is 0. The van der Waals surface area contributed by atoms with Crippen molar-refractivity contribution in [2.75, 3.05) is 5.32 Å². The molecule has 8 heteroatoms. The number of rotatable bonds is 5. The van der Waals surface area contributed by atoms with E-state index in [0.717, 1.165) is 39.2 Å². The summed E-state index contributed by atoms with van der Waals surface area (Å²) < 4.78 is 14.3. The van der Waals surface area contributed by atoms with E-state index in [1.54, 1.807) is 18.3 Å². The molecule has 2 aromatic carbocycles. The number of H-pyrrole nitrogens is 2. The lowest BCUT2D eigenvalue weighted by atomic mass is 10.1. The molecule has 0 aliphatic rings. The number of nitrogens with zero attached hydrogens (tertiary/aromatic N) is 3. The lowest BCUT2D eigenvalue weighted by molar-refractivity contribution is 0.613. The molecule has 0 amide bonds. The molecule has 0 unspecified atom stereocenters. The standard InChI is InChI=1S/C23H18ClFN6/c1-13-4-2-7-19(28-13)22-21(14-8-9-18-16(10-14)12-27-31-18)29-23(30-22)26-11-15-5-3-6-17(24)20(15)25/h2-10,12H,11H2,1H3,(H,27,31)(H2,26,29,30). The summed E-state index contributed by atoms with van der Waals surface area (Å²) in [4.78, 5) is 12.7. The molecular weight excluding hydrogens is 415 g/mol. The number of pyridine rings is 1. The van der Waals surface area contributed by atoms with Gasteiger partial charge < -0.3 is 10.3 Å². The van der Waals surface area contributed by atoms with Gasteiger partial charge >= 0.3 is 0 Å². The molecule has 5 aromatic rings. The van der Waals surface area contributed by atoms with Crippen molar-refractivity contribution >= 4 is 28.5 Å². The van der Waals surface area contributed by atoms with Crippen molar-refractivity contribution in [2.45, 2.75) is 13.5 Å². The maximum atomic E-state index is 14.3. The maximum Gasteiger partial charge on any atom is 0.201 e. The molecule has 0 atom stereocenters. The van der Waals surface area contributed by atoms with E-state index in [2.05, 4.69) is 25.5 Å². The Labute approximate surface area is 182 Å². The third-order valence-electron chi connectivity index (χ3n) is 5.04. The number of aromatic amines is 2. The third kappa shape index (κ3) is 3.75. The summed E-state index contributed by atoms with van der Waals surface area (Å²) in [6.45, 7) is 2.18. The number of hydrogen-bond acceptors (Lipinski definition) is 4. The molecule has 6 nitrogen and oxygen atoms in total. The van der Waals surface area contributed by atoms with Gasteiger partial charge in [-0.1, -0.05) is 35.9 Å². The zero-order valence-corrected chi connectivity index (χ0v) is 17.3. The Balaban J connectivity index is 1.55. The van der Waals surface area contributed by atoms with Crippen LogP contribution in [0.2, 0.25) is 5.02 Å². The summed E-state index contributed by atoms with van der Waals surface area (Å²) in [6.07, 6.45) is 1.77. The monoisotopic (exact) mass is 432 g/mol. The first-order valence-electron chi connectivity index (χ1n) is 9.73. The fourth-order valence-electron chi connectivity index (χ4n) is 3.49. The summed E-state index contributed by atoms with van der Waals surface area (Å²) >= 11 is 5.90. The molecule has 0 fully saturated rings. The van der Waals surface area contributed by atoms with Crippen LogP contribution in [-0.2, 0) is 6.54 Å². The molecule has 0 bridgehead atoms. The van der Waals surface area contributed by atoms with Crippen molar-refractivity contribution in [2.24, 2.45) is 0 Å². The highest BCUT2D eigenvalue weighted by Gasteiger charge is 2.17. The normalized spacial score (nSPS) is 11.2. The van der Waals surface area contributed by atoms with Crippen LogP contribution in [-0.4, -0.2) is 25.1 Å². The number of halogens is 2. The van der Waals surface area contributed by atoms with Gasteiger partial charge in [-0.3, -0.25) is 10.1 Å². The van der Waals surface area contributed by atoms with E-state index in [0.29, 0.717) is 11.5 Å². The predicted molar refractivity (Wildman–Crippen MR) is 120 cm³/mol. The third-order valence-corrected chi connectivity index (χ3v) is 5.33. The van der Waals surface area contributed by atoms with Crippen LogP contribution in [0.3, 0.4) is 0 Å². The second-order valence-electron chi connectivity index (χ2n) is 7.21. The molecule has 0 aliphatic carbocycles. The average molecular weight is 433 g/mol. The Hall–Kier alpha value is -3.71. The lowest BCUT2D eigenvalue weighted by Gasteiger charge is -2.05. The molecule has 0 radical (unpaired) electrons. The molecule has 3 heterocycles. The van der Waals surface area contributed by atoms with Crippen molar-refractivity contribution in [1.82, 2.24) is 25.1 Å². The van der Waals surface area contributed by atoms with E-state index in [9.17, 15) is 4.39 Å². The molecule has 0 saturated heterocycles. The minimum Gasteiger partial charge on any atom is -0.352 e. The van der Waals surface area contributed by atoms with Gasteiger partial charge in [0.1, 0.15) is 5.82 Å². The number of benzene rings is 2. The van der Waals surface area contributed by atoms with Gasteiger partial charge in [-0.05, 0) is 37.3 Å². The first-order valence-corrected chi connectivity index (χ1v) is 10.1. The molecule has 0 spiro atoms. The average Bonchev–Trinajstić information content (AvgIpc) is 3.41. The largest absolute Gasteiger partial charge is 0.352 e. The van der Waals surface area contributed by atoms with Crippen LogP contribution in [0.5, 0.6) is 0 Å². The van der Waals surface area contributed by atoms with E-state index < -0.39 is 5.82 Å². The SMILES string of the molecule is Cc1cccc(-c2[nH]c(NCc3cccc(Cl)c3F)nc2-c2ccc3[nH]ncc3c2)n1. The molecule has 31 heavy (non-hydrogen) atoms. The number of fused-ring (bicyclic) bond motifs is 1. The van der Waals surface area contributed by atoms with Crippen LogP contribution < -0.4 is 5.32 Å². The highest BCUT2D eigenvalue weighted by molar-refractivity contribution is 6.30. The van der Waals surface area contributed by atoms with Crippen molar-refractivity contribution < 1.29 is 4.39 Å². The Morgan fingerprint density at radius 2 is 1.94 bits per heavy atom. The fraction of sp³-hybridized carbons (Fsp3) is 0.0870. The number of hydrogen-bond donors (Lipinski definition) is 3. The van der Waals surface area contributed by atoms with E-state index in [1.165, 1.54) is 6.07 Å². The van der Waals surface area contributed by atoms with E-state index in [1.807, 2.05) is 43.3 Å². The second kappa shape index (κ2) is 7.85. The molecule has 3 aromatic heterocycles. The van der Waals surface area contributed by atoms with Gasteiger partial charge in [0.25, 0.3) is 0 Å². The molecular formula is C23H18ClFN6. The summed E-state index contributed by atoms with van der Waals surface area (Å²) in [6, 6.07) is 16.7. The van der Waals surface area contributed by atoms with Gasteiger partial charge in [-0.15, -0.1) is 0 Å². The lowest BCUT2D eigenvalue weighted by Crippen LogP contribution is -2.03. The zero-order valence-electron chi connectivity index (χ0n) is 16.6. The Morgan fingerprint density at radius 3 is 2.81 bits per heavy atom. The fourth-order valence-corrected chi connectivity index (χ4v) is 3.68. The molecule has 154 valence electrons. The number of anilines is 1. The van der Waals surface area contributed by atoms with Crippen molar-refractivity contribution in [3.05, 3.63) is 82.9 Å². The van der Waals surface area contributed by atoms with Gasteiger partial charge in [0.2, 0.25) is 5.95 Å². The van der Waals surface area contributed by atoms with Gasteiger partial charge in [0.05, 0.1) is 33.8 Å². The summed E-state index contributed by atoms with van der Waals surface area (Å²) in [5, 5.41) is 11.3. The van der Waals surface area contributed by atoms with E-state index >= 15 is 0 Å². The minimum atomic E-state index is -0.436. The van der Waals surface area contributed by atoms with Crippen molar-refractivity contribution in [3.8, 4) is 22.6 Å². The first kappa shape index (κ1) is 19.3. The maximum absolute atomic E-state index is 14.3. The van der Waals surface area contributed by atoms with E-state index in [4.69, 9.17) is 16.6 Å². The van der Waals surface area contributed by atoms with Crippen LogP contribution in [0.1, 0.15) is 11.3 Å². The van der Waals surface area contributed by atoms with Crippen LogP contribution in [0.25, 0.3) is 33.5 Å². The highest BCUT2D eigenvalue weighted by Crippen LogP contribution is 2.32. The van der Waals surface area contributed by atoms with Crippen molar-refractivity contribution in [1.29, 1.82) is 0 Å². The predicted octanol–water partition coefficient (Wildman–Crippen LogP) is 5.73. The second-order valence-corrected chi connectivity index (χ2v) is 7.62. The quantitative estimate of drug-likeness (QED) is 0.331. The zero-order chi connectivity index (χ0) is 21.4. The van der Waals surface area contributed by atoms with Gasteiger partial charge in [-0.25, -0.2) is 9.37 Å². The van der Waals surface area contributed by atoms with Crippen molar-refractivity contribution in [3.63, 3.8) is 0 Å². The molecule has 0 saturated carbocycles. The van der Waals surface area contributed by atoms with Crippen LogP contribution in [0.15, 0.2) is 60.8 Å². The number of aryl methyl sites for hydroxylation is 1. The highest BCUT2D eigenvalue weighted by atomic mass is 35.5. The van der Waals surface area contributed by atoms with Gasteiger partial charge in [0, 0.05) is 28.8 Å². The van der Waals surface area contributed by atoms with E-state index in [-0.39, 0.29) is 11.6 Å². The molecule has 3 N–H and O–H groups in total.